The van der Waals surface area contributed by atoms with Gasteiger partial charge < -0.3 is 24.2 Å². The molecule has 1 aromatic heterocycles. The molecule has 2 N–H and O–H groups in total. The number of fused-ring (bicyclic) bond motifs is 1. The summed E-state index contributed by atoms with van der Waals surface area (Å²) in [5.41, 5.74) is 4.72. The van der Waals surface area contributed by atoms with E-state index in [-0.39, 0.29) is 11.7 Å². The van der Waals surface area contributed by atoms with Crippen molar-refractivity contribution in [1.82, 2.24) is 15.1 Å². The number of ether oxygens (including phenoxy) is 3. The topological polar surface area (TPSA) is 96.9 Å². The second kappa shape index (κ2) is 11.5. The molecule has 0 radical (unpaired) electrons. The molecule has 0 fully saturated rings. The third-order valence-corrected chi connectivity index (χ3v) is 7.56. The van der Waals surface area contributed by atoms with E-state index in [1.165, 1.54) is 0 Å². The SMILES string of the molecule is CCCOc1ccc(C2c3c(-c4cc(Cl)c(C)cc4O)n[nH]c3C(=O)N2CCc2ccc(OC)c(OC)c2)cc1. The number of amides is 1. The number of hydrogen-bond acceptors (Lipinski definition) is 6. The van der Waals surface area contributed by atoms with E-state index in [1.54, 1.807) is 26.4 Å². The molecule has 0 aliphatic carbocycles. The van der Waals surface area contributed by atoms with Crippen LogP contribution in [0, 0.1) is 6.92 Å². The molecular weight excluding hydrogens is 530 g/mol. The standard InChI is InChI=1S/C31H32ClN3O5/c1-5-14-40-21-9-7-20(8-10-21)30-27-28(22-17-23(32)18(2)15-24(22)36)33-34-29(27)31(37)35(30)13-12-19-6-11-25(38-3)26(16-19)39-4/h6-11,15-17,30,36H,5,12-14H2,1-4H3,(H,33,34). The Bertz CT molecular complexity index is 1530. The maximum atomic E-state index is 13.8. The van der Waals surface area contributed by atoms with E-state index < -0.39 is 6.04 Å². The van der Waals surface area contributed by atoms with Gasteiger partial charge in [-0.1, -0.05) is 36.7 Å². The van der Waals surface area contributed by atoms with E-state index in [4.69, 9.17) is 25.8 Å². The first kappa shape index (κ1) is 27.4. The number of nitrogens with one attached hydrogen (secondary N) is 1. The number of benzene rings is 3. The van der Waals surface area contributed by atoms with Gasteiger partial charge in [-0.3, -0.25) is 9.89 Å². The van der Waals surface area contributed by atoms with Gasteiger partial charge in [0.05, 0.1) is 26.9 Å². The zero-order chi connectivity index (χ0) is 28.4. The van der Waals surface area contributed by atoms with Gasteiger partial charge in [-0.15, -0.1) is 0 Å². The van der Waals surface area contributed by atoms with Crippen molar-refractivity contribution in [3.8, 4) is 34.3 Å². The fourth-order valence-electron chi connectivity index (χ4n) is 5.09. The normalized spacial score (nSPS) is 14.4. The smallest absolute Gasteiger partial charge is 0.273 e. The number of aromatic hydroxyl groups is 1. The quantitative estimate of drug-likeness (QED) is 0.234. The van der Waals surface area contributed by atoms with E-state index in [2.05, 4.69) is 17.1 Å². The average Bonchev–Trinajstić information content (AvgIpc) is 3.51. The Hall–Kier alpha value is -4.17. The van der Waals surface area contributed by atoms with Crippen molar-refractivity contribution in [3.63, 3.8) is 0 Å². The lowest BCUT2D eigenvalue weighted by Crippen LogP contribution is -2.31. The van der Waals surface area contributed by atoms with Gasteiger partial charge in [-0.25, -0.2) is 0 Å². The summed E-state index contributed by atoms with van der Waals surface area (Å²) < 4.78 is 16.6. The zero-order valence-electron chi connectivity index (χ0n) is 23.0. The fourth-order valence-corrected chi connectivity index (χ4v) is 5.25. The second-order valence-corrected chi connectivity index (χ2v) is 10.1. The van der Waals surface area contributed by atoms with Crippen molar-refractivity contribution in [2.45, 2.75) is 32.7 Å². The summed E-state index contributed by atoms with van der Waals surface area (Å²) in [6, 6.07) is 16.4. The van der Waals surface area contributed by atoms with Crippen LogP contribution in [0.2, 0.25) is 5.02 Å². The van der Waals surface area contributed by atoms with Crippen LogP contribution in [0.25, 0.3) is 11.3 Å². The largest absolute Gasteiger partial charge is 0.507 e. The molecule has 1 amide bonds. The van der Waals surface area contributed by atoms with Crippen LogP contribution < -0.4 is 14.2 Å². The Balaban J connectivity index is 1.54. The first-order valence-electron chi connectivity index (χ1n) is 13.2. The number of H-pyrrole nitrogens is 1. The van der Waals surface area contributed by atoms with Crippen molar-refractivity contribution in [2.24, 2.45) is 0 Å². The van der Waals surface area contributed by atoms with E-state index in [0.717, 1.165) is 28.9 Å². The number of carbonyl (C=O) groups is 1. The third kappa shape index (κ3) is 5.07. The minimum absolute atomic E-state index is 0.0505. The fraction of sp³-hybridized carbons (Fsp3) is 0.290. The van der Waals surface area contributed by atoms with Gasteiger partial charge in [-0.2, -0.15) is 5.10 Å². The van der Waals surface area contributed by atoms with Crippen LogP contribution >= 0.6 is 11.6 Å². The molecule has 40 heavy (non-hydrogen) atoms. The highest BCUT2D eigenvalue weighted by Gasteiger charge is 2.42. The van der Waals surface area contributed by atoms with Crippen LogP contribution in [0.1, 0.15) is 52.1 Å². The number of aromatic nitrogens is 2. The molecule has 0 spiro atoms. The van der Waals surface area contributed by atoms with Crippen molar-refractivity contribution >= 4 is 17.5 Å². The molecule has 9 heteroatoms. The lowest BCUT2D eigenvalue weighted by atomic mass is 9.95. The number of phenolic OH excluding ortho intramolecular Hbond substituents is 1. The van der Waals surface area contributed by atoms with Gasteiger partial charge in [-0.05, 0) is 72.9 Å². The summed E-state index contributed by atoms with van der Waals surface area (Å²) in [5, 5.41) is 18.7. The third-order valence-electron chi connectivity index (χ3n) is 7.15. The van der Waals surface area contributed by atoms with Crippen LogP contribution in [-0.4, -0.2) is 53.5 Å². The first-order chi connectivity index (χ1) is 19.4. The number of phenols is 1. The van der Waals surface area contributed by atoms with Gasteiger partial charge in [0.25, 0.3) is 5.91 Å². The molecule has 4 aromatic rings. The maximum absolute atomic E-state index is 13.8. The Morgan fingerprint density at radius 2 is 1.80 bits per heavy atom. The molecular formula is C31H32ClN3O5. The predicted octanol–water partition coefficient (Wildman–Crippen LogP) is 6.34. The van der Waals surface area contributed by atoms with Crippen molar-refractivity contribution in [3.05, 3.63) is 87.6 Å². The highest BCUT2D eigenvalue weighted by atomic mass is 35.5. The highest BCUT2D eigenvalue weighted by molar-refractivity contribution is 6.31. The van der Waals surface area contributed by atoms with Crippen molar-refractivity contribution < 1.29 is 24.1 Å². The molecule has 1 aliphatic rings. The summed E-state index contributed by atoms with van der Waals surface area (Å²) in [6.07, 6.45) is 1.50. The molecule has 8 nitrogen and oxygen atoms in total. The van der Waals surface area contributed by atoms with Gasteiger partial charge in [0, 0.05) is 22.7 Å². The molecule has 1 atom stereocenters. The minimum atomic E-state index is -0.434. The van der Waals surface area contributed by atoms with E-state index in [9.17, 15) is 9.90 Å². The Morgan fingerprint density at radius 1 is 1.05 bits per heavy atom. The van der Waals surface area contributed by atoms with Gasteiger partial charge in [0.1, 0.15) is 22.9 Å². The molecule has 1 aliphatic heterocycles. The Kier molecular flexibility index (Phi) is 7.89. The molecule has 208 valence electrons. The van der Waals surface area contributed by atoms with Crippen molar-refractivity contribution in [2.75, 3.05) is 27.4 Å². The summed E-state index contributed by atoms with van der Waals surface area (Å²) in [7, 11) is 3.20. The molecule has 0 bridgehead atoms. The van der Waals surface area contributed by atoms with E-state index in [0.29, 0.717) is 58.6 Å². The monoisotopic (exact) mass is 561 g/mol. The van der Waals surface area contributed by atoms with E-state index >= 15 is 0 Å². The van der Waals surface area contributed by atoms with Gasteiger partial charge in [0.15, 0.2) is 11.5 Å². The highest BCUT2D eigenvalue weighted by Crippen LogP contribution is 2.45. The first-order valence-corrected chi connectivity index (χ1v) is 13.6. The summed E-state index contributed by atoms with van der Waals surface area (Å²) in [4.78, 5) is 15.6. The molecule has 3 aromatic carbocycles. The Labute approximate surface area is 238 Å². The van der Waals surface area contributed by atoms with Crippen LogP contribution in [0.5, 0.6) is 23.0 Å². The summed E-state index contributed by atoms with van der Waals surface area (Å²) in [5.74, 6) is 1.93. The molecule has 0 saturated carbocycles. The van der Waals surface area contributed by atoms with Crippen LogP contribution in [0.15, 0.2) is 54.6 Å². The van der Waals surface area contributed by atoms with Crippen molar-refractivity contribution in [1.29, 1.82) is 0 Å². The number of rotatable bonds is 10. The van der Waals surface area contributed by atoms with Gasteiger partial charge >= 0.3 is 0 Å². The van der Waals surface area contributed by atoms with Crippen LogP contribution in [0.4, 0.5) is 0 Å². The van der Waals surface area contributed by atoms with Crippen LogP contribution in [0.3, 0.4) is 0 Å². The van der Waals surface area contributed by atoms with E-state index in [1.807, 2.05) is 54.3 Å². The predicted molar refractivity (Wildman–Crippen MR) is 154 cm³/mol. The number of nitrogens with zero attached hydrogens (tertiary/aromatic N) is 2. The van der Waals surface area contributed by atoms with Gasteiger partial charge in [0.2, 0.25) is 0 Å². The Morgan fingerprint density at radius 3 is 2.50 bits per heavy atom. The molecule has 0 saturated heterocycles. The second-order valence-electron chi connectivity index (χ2n) is 9.74. The maximum Gasteiger partial charge on any atom is 0.273 e. The molecule has 5 rings (SSSR count). The lowest BCUT2D eigenvalue weighted by molar-refractivity contribution is 0.0746. The lowest BCUT2D eigenvalue weighted by Gasteiger charge is -2.27. The number of carbonyl (C=O) groups excluding carboxylic acids is 1. The number of halogens is 1. The average molecular weight is 562 g/mol. The minimum Gasteiger partial charge on any atom is -0.507 e. The number of hydrogen-bond donors (Lipinski definition) is 2. The number of aryl methyl sites for hydroxylation is 1. The molecule has 1 unspecified atom stereocenters. The molecule has 2 heterocycles. The zero-order valence-corrected chi connectivity index (χ0v) is 23.7. The summed E-state index contributed by atoms with van der Waals surface area (Å²) in [6.45, 7) is 4.95. The number of methoxy groups -OCH3 is 2. The summed E-state index contributed by atoms with van der Waals surface area (Å²) >= 11 is 6.43. The number of aromatic amines is 1. The van der Waals surface area contributed by atoms with Crippen LogP contribution in [-0.2, 0) is 6.42 Å².